The van der Waals surface area contributed by atoms with Gasteiger partial charge in [-0.25, -0.2) is 4.98 Å². The summed E-state index contributed by atoms with van der Waals surface area (Å²) >= 11 is 0. The van der Waals surface area contributed by atoms with Gasteiger partial charge in [0.2, 0.25) is 0 Å². The first-order valence-corrected chi connectivity index (χ1v) is 4.70. The molecule has 0 unspecified atom stereocenters. The first-order valence-electron chi connectivity index (χ1n) is 4.70. The Morgan fingerprint density at radius 3 is 2.64 bits per heavy atom. The summed E-state index contributed by atoms with van der Waals surface area (Å²) in [5.74, 6) is 0.665. The average Bonchev–Trinajstić information content (AvgIpc) is 2.41. The van der Waals surface area contributed by atoms with E-state index in [0.717, 1.165) is 5.58 Å². The lowest BCUT2D eigenvalue weighted by Gasteiger charge is -2.17. The van der Waals surface area contributed by atoms with Gasteiger partial charge in [-0.05, 0) is 17.0 Å². The van der Waals surface area contributed by atoms with Crippen molar-refractivity contribution in [2.75, 3.05) is 0 Å². The summed E-state index contributed by atoms with van der Waals surface area (Å²) < 4.78 is 5.43. The van der Waals surface area contributed by atoms with Crippen molar-refractivity contribution in [1.29, 1.82) is 0 Å². The zero-order chi connectivity index (χ0) is 10.3. The zero-order valence-corrected chi connectivity index (χ0v) is 8.96. The van der Waals surface area contributed by atoms with Crippen LogP contribution in [0.5, 0.6) is 0 Å². The topological polar surface area (TPSA) is 38.9 Å². The van der Waals surface area contributed by atoms with Crippen molar-refractivity contribution in [1.82, 2.24) is 9.97 Å². The van der Waals surface area contributed by atoms with Gasteiger partial charge in [0.05, 0.1) is 0 Å². The Morgan fingerprint density at radius 2 is 2.00 bits per heavy atom. The Labute approximate surface area is 83.2 Å². The molecule has 0 radical (unpaired) electrons. The molecule has 2 aromatic rings. The Morgan fingerprint density at radius 1 is 1.29 bits per heavy atom. The van der Waals surface area contributed by atoms with E-state index in [4.69, 9.17) is 4.42 Å². The maximum atomic E-state index is 5.43. The molecule has 3 heteroatoms. The molecule has 0 aliphatic carbocycles. The SMILES string of the molecule is Cc1nc2ncc(C(C)(C)C)cc2o1. The predicted molar refractivity (Wildman–Crippen MR) is 55.2 cm³/mol. The second-order valence-electron chi connectivity index (χ2n) is 4.53. The molecule has 0 aliphatic heterocycles. The quantitative estimate of drug-likeness (QED) is 0.641. The minimum atomic E-state index is 0.0991. The van der Waals surface area contributed by atoms with E-state index in [2.05, 4.69) is 30.7 Å². The highest BCUT2D eigenvalue weighted by Crippen LogP contribution is 2.24. The van der Waals surface area contributed by atoms with Crippen molar-refractivity contribution in [2.24, 2.45) is 0 Å². The van der Waals surface area contributed by atoms with Crippen molar-refractivity contribution in [3.8, 4) is 0 Å². The summed E-state index contributed by atoms with van der Waals surface area (Å²) in [6.07, 6.45) is 1.87. The van der Waals surface area contributed by atoms with Gasteiger partial charge in [0, 0.05) is 13.1 Å². The summed E-state index contributed by atoms with van der Waals surface area (Å²) in [6, 6.07) is 2.02. The standard InChI is InChI=1S/C11H14N2O/c1-7-13-10-9(14-7)5-8(6-12-10)11(2,3)4/h5-6H,1-4H3. The zero-order valence-electron chi connectivity index (χ0n) is 8.96. The van der Waals surface area contributed by atoms with Crippen LogP contribution >= 0.6 is 0 Å². The first kappa shape index (κ1) is 9.19. The molecule has 0 spiro atoms. The molecule has 0 atom stereocenters. The Balaban J connectivity index is 2.62. The molecule has 74 valence electrons. The summed E-state index contributed by atoms with van der Waals surface area (Å²) in [5, 5.41) is 0. The van der Waals surface area contributed by atoms with Crippen molar-refractivity contribution >= 4 is 11.2 Å². The number of nitrogens with zero attached hydrogens (tertiary/aromatic N) is 2. The third-order valence-corrected chi connectivity index (χ3v) is 2.22. The fourth-order valence-electron chi connectivity index (χ4n) is 1.34. The molecule has 14 heavy (non-hydrogen) atoms. The number of hydrogen-bond acceptors (Lipinski definition) is 3. The van der Waals surface area contributed by atoms with E-state index >= 15 is 0 Å². The predicted octanol–water partition coefficient (Wildman–Crippen LogP) is 2.83. The second kappa shape index (κ2) is 2.80. The minimum absolute atomic E-state index is 0.0991. The fourth-order valence-corrected chi connectivity index (χ4v) is 1.34. The number of aromatic nitrogens is 2. The van der Waals surface area contributed by atoms with Crippen LogP contribution in [0, 0.1) is 6.92 Å². The Bertz CT molecular complexity index is 466. The number of fused-ring (bicyclic) bond motifs is 1. The number of hydrogen-bond donors (Lipinski definition) is 0. The van der Waals surface area contributed by atoms with Gasteiger partial charge in [0.15, 0.2) is 17.1 Å². The van der Waals surface area contributed by atoms with Crippen molar-refractivity contribution < 1.29 is 4.42 Å². The van der Waals surface area contributed by atoms with Crippen LogP contribution in [0.15, 0.2) is 16.7 Å². The van der Waals surface area contributed by atoms with Crippen LogP contribution in [0.25, 0.3) is 11.2 Å². The van der Waals surface area contributed by atoms with Gasteiger partial charge >= 0.3 is 0 Å². The average molecular weight is 190 g/mol. The van der Waals surface area contributed by atoms with Gasteiger partial charge in [-0.3, -0.25) is 0 Å². The van der Waals surface area contributed by atoms with Gasteiger partial charge in [-0.2, -0.15) is 4.98 Å². The van der Waals surface area contributed by atoms with Gasteiger partial charge in [0.1, 0.15) is 0 Å². The third-order valence-electron chi connectivity index (χ3n) is 2.22. The van der Waals surface area contributed by atoms with Crippen LogP contribution in [0.4, 0.5) is 0 Å². The summed E-state index contributed by atoms with van der Waals surface area (Å²) in [5.41, 5.74) is 2.73. The van der Waals surface area contributed by atoms with Crippen LogP contribution < -0.4 is 0 Å². The molecule has 3 nitrogen and oxygen atoms in total. The Kier molecular flexibility index (Phi) is 1.84. The van der Waals surface area contributed by atoms with Gasteiger partial charge < -0.3 is 4.42 Å². The molecular formula is C11H14N2O. The number of rotatable bonds is 0. The lowest BCUT2D eigenvalue weighted by atomic mass is 9.88. The molecule has 0 N–H and O–H groups in total. The van der Waals surface area contributed by atoms with Crippen LogP contribution in [-0.4, -0.2) is 9.97 Å². The van der Waals surface area contributed by atoms with Crippen LogP contribution in [0.2, 0.25) is 0 Å². The smallest absolute Gasteiger partial charge is 0.198 e. The lowest BCUT2D eigenvalue weighted by molar-refractivity contribution is 0.554. The second-order valence-corrected chi connectivity index (χ2v) is 4.53. The molecule has 0 saturated carbocycles. The van der Waals surface area contributed by atoms with E-state index < -0.39 is 0 Å². The maximum absolute atomic E-state index is 5.43. The molecule has 0 fully saturated rings. The van der Waals surface area contributed by atoms with Crippen LogP contribution in [0.1, 0.15) is 32.2 Å². The third kappa shape index (κ3) is 1.50. The maximum Gasteiger partial charge on any atom is 0.198 e. The molecule has 0 aromatic carbocycles. The summed E-state index contributed by atoms with van der Waals surface area (Å²) in [4.78, 5) is 8.42. The van der Waals surface area contributed by atoms with Gasteiger partial charge in [0.25, 0.3) is 0 Å². The van der Waals surface area contributed by atoms with E-state index in [9.17, 15) is 0 Å². The number of aryl methyl sites for hydroxylation is 1. The highest BCUT2D eigenvalue weighted by Gasteiger charge is 2.15. The lowest BCUT2D eigenvalue weighted by Crippen LogP contribution is -2.11. The Hall–Kier alpha value is -1.38. The van der Waals surface area contributed by atoms with Gasteiger partial charge in [-0.15, -0.1) is 0 Å². The molecule has 2 aromatic heterocycles. The highest BCUT2D eigenvalue weighted by molar-refractivity contribution is 5.68. The summed E-state index contributed by atoms with van der Waals surface area (Å²) in [7, 11) is 0. The first-order chi connectivity index (χ1) is 6.47. The molecule has 0 aliphatic rings. The monoisotopic (exact) mass is 190 g/mol. The van der Waals surface area contributed by atoms with Crippen molar-refractivity contribution in [3.63, 3.8) is 0 Å². The fraction of sp³-hybridized carbons (Fsp3) is 0.455. The molecular weight excluding hydrogens is 176 g/mol. The molecule has 0 bridgehead atoms. The molecule has 2 heterocycles. The normalized spacial score (nSPS) is 12.3. The van der Waals surface area contributed by atoms with E-state index in [0.29, 0.717) is 11.5 Å². The number of pyridine rings is 1. The van der Waals surface area contributed by atoms with Crippen molar-refractivity contribution in [3.05, 3.63) is 23.7 Å². The van der Waals surface area contributed by atoms with E-state index in [1.807, 2.05) is 19.2 Å². The van der Waals surface area contributed by atoms with E-state index in [1.54, 1.807) is 0 Å². The van der Waals surface area contributed by atoms with Gasteiger partial charge in [-0.1, -0.05) is 20.8 Å². The van der Waals surface area contributed by atoms with Crippen LogP contribution in [0.3, 0.4) is 0 Å². The molecule has 2 rings (SSSR count). The summed E-state index contributed by atoms with van der Waals surface area (Å²) in [6.45, 7) is 8.29. The largest absolute Gasteiger partial charge is 0.439 e. The highest BCUT2D eigenvalue weighted by atomic mass is 16.3. The van der Waals surface area contributed by atoms with Crippen molar-refractivity contribution in [2.45, 2.75) is 33.1 Å². The number of oxazole rings is 1. The van der Waals surface area contributed by atoms with Crippen LogP contribution in [-0.2, 0) is 5.41 Å². The minimum Gasteiger partial charge on any atom is -0.439 e. The molecule has 0 saturated heterocycles. The van der Waals surface area contributed by atoms with E-state index in [1.165, 1.54) is 5.56 Å². The van der Waals surface area contributed by atoms with E-state index in [-0.39, 0.29) is 5.41 Å². The molecule has 0 amide bonds.